The first-order valence-electron chi connectivity index (χ1n) is 10.4. The number of fused-ring (bicyclic) bond motifs is 11. The number of rotatable bonds is 0. The van der Waals surface area contributed by atoms with Crippen molar-refractivity contribution in [1.82, 2.24) is 4.40 Å². The van der Waals surface area contributed by atoms with E-state index in [9.17, 15) is 0 Å². The molecule has 144 valence electrons. The number of hydrogen-bond acceptors (Lipinski definition) is 1. The van der Waals surface area contributed by atoms with Crippen molar-refractivity contribution in [1.29, 1.82) is 0 Å². The van der Waals surface area contributed by atoms with Gasteiger partial charge in [-0.1, -0.05) is 58.4 Å². The molecule has 0 spiro atoms. The second-order valence-corrected chi connectivity index (χ2v) is 9.25. The SMILES string of the molecule is Brc1ccc2c(c1)oc1c3cc4c5cccc6c7ccccc7n(c4cc3ccc21)c65. The highest BCUT2D eigenvalue weighted by Gasteiger charge is 2.18. The van der Waals surface area contributed by atoms with E-state index in [2.05, 4.69) is 99.2 Å². The third-order valence-corrected chi connectivity index (χ3v) is 7.25. The van der Waals surface area contributed by atoms with Crippen molar-refractivity contribution in [2.24, 2.45) is 0 Å². The summed E-state index contributed by atoms with van der Waals surface area (Å²) in [6, 6.07) is 30.6. The predicted molar refractivity (Wildman–Crippen MR) is 134 cm³/mol. The maximum atomic E-state index is 6.37. The van der Waals surface area contributed by atoms with Crippen LogP contribution in [0, 0.1) is 0 Å². The van der Waals surface area contributed by atoms with Crippen molar-refractivity contribution >= 4 is 86.7 Å². The summed E-state index contributed by atoms with van der Waals surface area (Å²) in [7, 11) is 0. The molecule has 31 heavy (non-hydrogen) atoms. The van der Waals surface area contributed by atoms with E-state index in [1.165, 1.54) is 43.5 Å². The molecule has 0 fully saturated rings. The van der Waals surface area contributed by atoms with Gasteiger partial charge in [-0.2, -0.15) is 0 Å². The fourth-order valence-corrected chi connectivity index (χ4v) is 5.79. The highest BCUT2D eigenvalue weighted by Crippen LogP contribution is 2.42. The van der Waals surface area contributed by atoms with Crippen LogP contribution in [0.1, 0.15) is 0 Å². The molecular formula is C28H14BrNO. The average Bonchev–Trinajstić information content (AvgIpc) is 3.44. The van der Waals surface area contributed by atoms with Crippen LogP contribution in [-0.2, 0) is 0 Å². The number of furan rings is 1. The number of para-hydroxylation sites is 2. The van der Waals surface area contributed by atoms with Gasteiger partial charge in [0.2, 0.25) is 0 Å². The van der Waals surface area contributed by atoms with E-state index < -0.39 is 0 Å². The van der Waals surface area contributed by atoms with E-state index in [1.54, 1.807) is 0 Å². The lowest BCUT2D eigenvalue weighted by Crippen LogP contribution is -1.81. The molecule has 0 amide bonds. The number of benzene rings is 5. The molecule has 0 saturated heterocycles. The van der Waals surface area contributed by atoms with Crippen LogP contribution in [-0.4, -0.2) is 4.40 Å². The Morgan fingerprint density at radius 3 is 2.32 bits per heavy atom. The Balaban J connectivity index is 1.63. The highest BCUT2D eigenvalue weighted by atomic mass is 79.9. The minimum Gasteiger partial charge on any atom is -0.455 e. The van der Waals surface area contributed by atoms with Crippen LogP contribution in [0.4, 0.5) is 0 Å². The zero-order chi connectivity index (χ0) is 20.3. The van der Waals surface area contributed by atoms with E-state index in [4.69, 9.17) is 4.42 Å². The van der Waals surface area contributed by atoms with Gasteiger partial charge in [0.1, 0.15) is 11.2 Å². The largest absolute Gasteiger partial charge is 0.455 e. The smallest absolute Gasteiger partial charge is 0.143 e. The molecule has 0 unspecified atom stereocenters. The molecule has 0 aliphatic heterocycles. The summed E-state index contributed by atoms with van der Waals surface area (Å²) >= 11 is 3.57. The molecule has 8 aromatic rings. The van der Waals surface area contributed by atoms with Gasteiger partial charge in [-0.3, -0.25) is 0 Å². The van der Waals surface area contributed by atoms with Crippen LogP contribution in [0.15, 0.2) is 93.8 Å². The van der Waals surface area contributed by atoms with Crippen molar-refractivity contribution in [2.75, 3.05) is 0 Å². The standard InChI is InChI=1S/C28H14BrNO/c29-16-9-11-18-21-10-8-15-12-25-23(14-22(15)28(21)31-26(18)13-16)20-6-3-5-19-17-4-1-2-7-24(17)30(25)27(19)20/h1-14H. The molecule has 2 nitrogen and oxygen atoms in total. The Labute approximate surface area is 184 Å². The molecule has 0 N–H and O–H groups in total. The Kier molecular flexibility index (Phi) is 2.80. The molecule has 0 aliphatic carbocycles. The quantitative estimate of drug-likeness (QED) is 0.221. The van der Waals surface area contributed by atoms with Gasteiger partial charge >= 0.3 is 0 Å². The summed E-state index contributed by atoms with van der Waals surface area (Å²) in [6.07, 6.45) is 0. The molecular weight excluding hydrogens is 446 g/mol. The summed E-state index contributed by atoms with van der Waals surface area (Å²) in [4.78, 5) is 0. The summed E-state index contributed by atoms with van der Waals surface area (Å²) in [5, 5.41) is 9.86. The lowest BCUT2D eigenvalue weighted by atomic mass is 10.0. The Morgan fingerprint density at radius 2 is 1.39 bits per heavy atom. The van der Waals surface area contributed by atoms with Gasteiger partial charge in [-0.05, 0) is 47.9 Å². The summed E-state index contributed by atoms with van der Waals surface area (Å²) < 4.78 is 9.83. The first kappa shape index (κ1) is 16.2. The molecule has 3 heteroatoms. The van der Waals surface area contributed by atoms with Gasteiger partial charge in [-0.15, -0.1) is 0 Å². The monoisotopic (exact) mass is 459 g/mol. The first-order chi connectivity index (χ1) is 15.3. The van der Waals surface area contributed by atoms with Crippen LogP contribution in [0.25, 0.3) is 70.8 Å². The molecule has 0 atom stereocenters. The van der Waals surface area contributed by atoms with Crippen LogP contribution in [0.2, 0.25) is 0 Å². The second-order valence-electron chi connectivity index (χ2n) is 8.33. The summed E-state index contributed by atoms with van der Waals surface area (Å²) in [5.74, 6) is 0. The topological polar surface area (TPSA) is 17.6 Å². The number of nitrogens with zero attached hydrogens (tertiary/aromatic N) is 1. The van der Waals surface area contributed by atoms with E-state index >= 15 is 0 Å². The van der Waals surface area contributed by atoms with Crippen molar-refractivity contribution in [3.8, 4) is 0 Å². The fourth-order valence-electron chi connectivity index (χ4n) is 5.45. The first-order valence-corrected chi connectivity index (χ1v) is 11.2. The summed E-state index contributed by atoms with van der Waals surface area (Å²) in [5.41, 5.74) is 5.69. The third kappa shape index (κ3) is 1.89. The van der Waals surface area contributed by atoms with Crippen molar-refractivity contribution in [2.45, 2.75) is 0 Å². The van der Waals surface area contributed by atoms with Gasteiger partial charge in [0.15, 0.2) is 0 Å². The third-order valence-electron chi connectivity index (χ3n) is 6.76. The van der Waals surface area contributed by atoms with E-state index in [0.717, 1.165) is 31.8 Å². The number of halogens is 1. The lowest BCUT2D eigenvalue weighted by molar-refractivity contribution is 0.672. The molecule has 0 aliphatic rings. The van der Waals surface area contributed by atoms with Gasteiger partial charge in [0, 0.05) is 42.2 Å². The van der Waals surface area contributed by atoms with Gasteiger partial charge in [0.05, 0.1) is 16.6 Å². The minimum atomic E-state index is 0.914. The molecule has 3 heterocycles. The molecule has 0 saturated carbocycles. The number of hydrogen-bond donors (Lipinski definition) is 0. The van der Waals surface area contributed by atoms with Gasteiger partial charge in [-0.25, -0.2) is 0 Å². The van der Waals surface area contributed by atoms with E-state index in [1.807, 2.05) is 6.07 Å². The highest BCUT2D eigenvalue weighted by molar-refractivity contribution is 9.10. The Hall–Kier alpha value is -3.56. The van der Waals surface area contributed by atoms with Crippen molar-refractivity contribution in [3.05, 3.63) is 89.4 Å². The van der Waals surface area contributed by atoms with Crippen LogP contribution in [0.3, 0.4) is 0 Å². The zero-order valence-electron chi connectivity index (χ0n) is 16.3. The zero-order valence-corrected chi connectivity index (χ0v) is 17.9. The van der Waals surface area contributed by atoms with Crippen LogP contribution < -0.4 is 0 Å². The molecule has 0 radical (unpaired) electrons. The van der Waals surface area contributed by atoms with Gasteiger partial charge in [0.25, 0.3) is 0 Å². The van der Waals surface area contributed by atoms with Gasteiger partial charge < -0.3 is 8.82 Å². The average molecular weight is 460 g/mol. The van der Waals surface area contributed by atoms with Crippen molar-refractivity contribution < 1.29 is 4.42 Å². The molecule has 0 bridgehead atoms. The maximum absolute atomic E-state index is 6.37. The predicted octanol–water partition coefficient (Wildman–Crippen LogP) is 8.65. The summed E-state index contributed by atoms with van der Waals surface area (Å²) in [6.45, 7) is 0. The Bertz CT molecular complexity index is 2010. The lowest BCUT2D eigenvalue weighted by Gasteiger charge is -2.02. The molecule has 3 aromatic heterocycles. The molecule has 8 rings (SSSR count). The fraction of sp³-hybridized carbons (Fsp3) is 0. The van der Waals surface area contributed by atoms with E-state index in [-0.39, 0.29) is 0 Å². The minimum absolute atomic E-state index is 0.914. The number of aromatic nitrogens is 1. The maximum Gasteiger partial charge on any atom is 0.143 e. The van der Waals surface area contributed by atoms with Crippen molar-refractivity contribution in [3.63, 3.8) is 0 Å². The molecule has 5 aromatic carbocycles. The van der Waals surface area contributed by atoms with Crippen LogP contribution in [0.5, 0.6) is 0 Å². The second kappa shape index (κ2) is 5.37. The normalized spacial score (nSPS) is 12.7. The van der Waals surface area contributed by atoms with Crippen LogP contribution >= 0.6 is 15.9 Å². The Morgan fingerprint density at radius 1 is 0.581 bits per heavy atom. The van der Waals surface area contributed by atoms with E-state index in [0.29, 0.717) is 0 Å².